The second-order valence-electron chi connectivity index (χ2n) is 3.94. The number of hydrogen-bond donors (Lipinski definition) is 3. The highest BCUT2D eigenvalue weighted by Gasteiger charge is 2.31. The van der Waals surface area contributed by atoms with Gasteiger partial charge in [0.1, 0.15) is 0 Å². The molecule has 1 rings (SSSR count). The third-order valence-corrected chi connectivity index (χ3v) is 2.80. The number of hydrogen-bond acceptors (Lipinski definition) is 3. The Morgan fingerprint density at radius 3 is 2.60 bits per heavy atom. The molecule has 1 saturated carbocycles. The summed E-state index contributed by atoms with van der Waals surface area (Å²) in [7, 11) is 0. The molecule has 1 aliphatic carbocycles. The van der Waals surface area contributed by atoms with Crippen LogP contribution in [-0.4, -0.2) is 29.6 Å². The van der Waals surface area contributed by atoms with Gasteiger partial charge in [-0.25, -0.2) is 0 Å². The Morgan fingerprint density at radius 2 is 2.00 bits per heavy atom. The number of aliphatic carboxylic acids is 1. The Balaban J connectivity index is 2.49. The number of rotatable bonds is 4. The molecule has 5 nitrogen and oxygen atoms in total. The molecule has 4 N–H and O–H groups in total. The summed E-state index contributed by atoms with van der Waals surface area (Å²) in [6.45, 7) is 0.302. The monoisotopic (exact) mass is 214 g/mol. The molecule has 0 aromatic heterocycles. The fourth-order valence-electron chi connectivity index (χ4n) is 2.01. The van der Waals surface area contributed by atoms with Crippen molar-refractivity contribution in [2.75, 3.05) is 6.54 Å². The van der Waals surface area contributed by atoms with Gasteiger partial charge in [0, 0.05) is 19.0 Å². The number of amides is 1. The van der Waals surface area contributed by atoms with Crippen LogP contribution in [0.3, 0.4) is 0 Å². The summed E-state index contributed by atoms with van der Waals surface area (Å²) in [5.74, 6) is -1.39. The highest BCUT2D eigenvalue weighted by molar-refractivity contribution is 5.78. The maximum absolute atomic E-state index is 11.3. The number of carboxylic acids is 1. The predicted octanol–water partition coefficient (Wildman–Crippen LogP) is 0.0948. The number of nitrogens with one attached hydrogen (secondary N) is 1. The summed E-state index contributed by atoms with van der Waals surface area (Å²) in [6, 6.07) is -0.213. The largest absolute Gasteiger partial charge is 0.481 e. The first-order valence-electron chi connectivity index (χ1n) is 5.37. The molecule has 0 aliphatic heterocycles. The molecule has 2 unspecified atom stereocenters. The van der Waals surface area contributed by atoms with E-state index >= 15 is 0 Å². The van der Waals surface area contributed by atoms with Gasteiger partial charge in [-0.2, -0.15) is 0 Å². The van der Waals surface area contributed by atoms with Crippen molar-refractivity contribution < 1.29 is 14.7 Å². The summed E-state index contributed by atoms with van der Waals surface area (Å²) in [5.41, 5.74) is 5.25. The van der Waals surface area contributed by atoms with Crippen LogP contribution in [0.1, 0.15) is 32.1 Å². The van der Waals surface area contributed by atoms with Gasteiger partial charge in [-0.05, 0) is 12.8 Å². The van der Waals surface area contributed by atoms with E-state index in [-0.39, 0.29) is 18.4 Å². The summed E-state index contributed by atoms with van der Waals surface area (Å²) < 4.78 is 0. The van der Waals surface area contributed by atoms with Crippen molar-refractivity contribution in [1.82, 2.24) is 5.32 Å². The molecular formula is C10H18N2O3. The Morgan fingerprint density at radius 1 is 1.33 bits per heavy atom. The van der Waals surface area contributed by atoms with E-state index in [0.29, 0.717) is 13.0 Å². The normalized spacial score (nSPS) is 25.9. The van der Waals surface area contributed by atoms with Crippen LogP contribution in [0, 0.1) is 5.92 Å². The molecule has 15 heavy (non-hydrogen) atoms. The smallest absolute Gasteiger partial charge is 0.308 e. The van der Waals surface area contributed by atoms with Crippen molar-refractivity contribution in [3.05, 3.63) is 0 Å². The molecule has 0 aromatic carbocycles. The lowest BCUT2D eigenvalue weighted by Crippen LogP contribution is -2.45. The molecule has 1 aliphatic rings. The van der Waals surface area contributed by atoms with Crippen molar-refractivity contribution in [2.24, 2.45) is 11.7 Å². The van der Waals surface area contributed by atoms with E-state index in [1.165, 1.54) is 0 Å². The number of carbonyl (C=O) groups excluding carboxylic acids is 1. The van der Waals surface area contributed by atoms with Crippen LogP contribution in [-0.2, 0) is 9.59 Å². The minimum absolute atomic E-state index is 0.143. The van der Waals surface area contributed by atoms with Gasteiger partial charge in [0.2, 0.25) is 5.91 Å². The quantitative estimate of drug-likeness (QED) is 0.618. The molecule has 0 saturated heterocycles. The van der Waals surface area contributed by atoms with Crippen LogP contribution in [0.15, 0.2) is 0 Å². The van der Waals surface area contributed by atoms with Crippen LogP contribution in [0.4, 0.5) is 0 Å². The van der Waals surface area contributed by atoms with Gasteiger partial charge in [0.25, 0.3) is 0 Å². The third-order valence-electron chi connectivity index (χ3n) is 2.80. The Kier molecular flexibility index (Phi) is 4.55. The van der Waals surface area contributed by atoms with Gasteiger partial charge in [-0.3, -0.25) is 9.59 Å². The van der Waals surface area contributed by atoms with Crippen LogP contribution < -0.4 is 11.1 Å². The standard InChI is InChI=1S/C10H18N2O3/c11-6-5-9(13)12-8-4-2-1-3-7(8)10(14)15/h7-8H,1-6,11H2,(H,12,13)(H,14,15). The lowest BCUT2D eigenvalue weighted by Gasteiger charge is -2.29. The van der Waals surface area contributed by atoms with E-state index in [2.05, 4.69) is 5.32 Å². The zero-order valence-electron chi connectivity index (χ0n) is 8.74. The zero-order valence-corrected chi connectivity index (χ0v) is 8.74. The van der Waals surface area contributed by atoms with E-state index in [9.17, 15) is 9.59 Å². The third kappa shape index (κ3) is 3.51. The zero-order chi connectivity index (χ0) is 11.3. The number of nitrogens with two attached hydrogens (primary N) is 1. The van der Waals surface area contributed by atoms with E-state index < -0.39 is 11.9 Å². The average Bonchev–Trinajstić information content (AvgIpc) is 2.18. The highest BCUT2D eigenvalue weighted by atomic mass is 16.4. The predicted molar refractivity (Wildman–Crippen MR) is 55.2 cm³/mol. The summed E-state index contributed by atoms with van der Waals surface area (Å²) >= 11 is 0. The molecule has 1 fully saturated rings. The Labute approximate surface area is 89.0 Å². The van der Waals surface area contributed by atoms with Crippen LogP contribution in [0.5, 0.6) is 0 Å². The van der Waals surface area contributed by atoms with Crippen molar-refractivity contribution in [3.63, 3.8) is 0 Å². The first-order valence-corrected chi connectivity index (χ1v) is 5.37. The lowest BCUT2D eigenvalue weighted by molar-refractivity contribution is -0.144. The maximum Gasteiger partial charge on any atom is 0.308 e. The van der Waals surface area contributed by atoms with E-state index in [4.69, 9.17) is 10.8 Å². The molecule has 0 bridgehead atoms. The van der Waals surface area contributed by atoms with Crippen LogP contribution in [0.25, 0.3) is 0 Å². The highest BCUT2D eigenvalue weighted by Crippen LogP contribution is 2.24. The topological polar surface area (TPSA) is 92.4 Å². The minimum Gasteiger partial charge on any atom is -0.481 e. The molecule has 0 spiro atoms. The fraction of sp³-hybridized carbons (Fsp3) is 0.800. The maximum atomic E-state index is 11.3. The Hall–Kier alpha value is -1.10. The second kappa shape index (κ2) is 5.70. The average molecular weight is 214 g/mol. The number of carbonyl (C=O) groups is 2. The van der Waals surface area contributed by atoms with E-state index in [1.54, 1.807) is 0 Å². The Bertz CT molecular complexity index is 243. The van der Waals surface area contributed by atoms with Crippen molar-refractivity contribution in [3.8, 4) is 0 Å². The van der Waals surface area contributed by atoms with Crippen molar-refractivity contribution >= 4 is 11.9 Å². The number of carboxylic acid groups (broad SMARTS) is 1. The molecule has 0 radical (unpaired) electrons. The molecule has 0 heterocycles. The molecule has 2 atom stereocenters. The second-order valence-corrected chi connectivity index (χ2v) is 3.94. The van der Waals surface area contributed by atoms with Gasteiger partial charge in [0.15, 0.2) is 0 Å². The minimum atomic E-state index is -0.812. The molecule has 0 aromatic rings. The summed E-state index contributed by atoms with van der Waals surface area (Å²) in [5, 5.41) is 11.7. The molecule has 1 amide bonds. The molecule has 86 valence electrons. The molecular weight excluding hydrogens is 196 g/mol. The molecule has 5 heteroatoms. The summed E-state index contributed by atoms with van der Waals surface area (Å²) in [6.07, 6.45) is 3.59. The van der Waals surface area contributed by atoms with Gasteiger partial charge < -0.3 is 16.2 Å². The van der Waals surface area contributed by atoms with Gasteiger partial charge in [0.05, 0.1) is 5.92 Å². The van der Waals surface area contributed by atoms with Crippen molar-refractivity contribution in [1.29, 1.82) is 0 Å². The lowest BCUT2D eigenvalue weighted by atomic mass is 9.84. The van der Waals surface area contributed by atoms with Gasteiger partial charge >= 0.3 is 5.97 Å². The van der Waals surface area contributed by atoms with Gasteiger partial charge in [-0.1, -0.05) is 12.8 Å². The van der Waals surface area contributed by atoms with E-state index in [1.807, 2.05) is 0 Å². The van der Waals surface area contributed by atoms with Crippen LogP contribution in [0.2, 0.25) is 0 Å². The van der Waals surface area contributed by atoms with Crippen LogP contribution >= 0.6 is 0 Å². The van der Waals surface area contributed by atoms with Gasteiger partial charge in [-0.15, -0.1) is 0 Å². The van der Waals surface area contributed by atoms with E-state index in [0.717, 1.165) is 19.3 Å². The summed E-state index contributed by atoms with van der Waals surface area (Å²) in [4.78, 5) is 22.2. The fourth-order valence-corrected chi connectivity index (χ4v) is 2.01. The first kappa shape index (κ1) is 12.0. The van der Waals surface area contributed by atoms with Crippen molar-refractivity contribution in [2.45, 2.75) is 38.1 Å². The first-order chi connectivity index (χ1) is 7.15. The SMILES string of the molecule is NCCC(=O)NC1CCCCC1C(=O)O.